The molecule has 1 aromatic heterocycles. The molecule has 2 amide bonds. The predicted molar refractivity (Wildman–Crippen MR) is 113 cm³/mol. The number of thiazole rings is 1. The van der Waals surface area contributed by atoms with Gasteiger partial charge >= 0.3 is 12.1 Å². The van der Waals surface area contributed by atoms with Gasteiger partial charge in [-0.3, -0.25) is 14.9 Å². The summed E-state index contributed by atoms with van der Waals surface area (Å²) in [5.41, 5.74) is 0.0349. The van der Waals surface area contributed by atoms with Crippen LogP contribution < -0.4 is 10.1 Å². The number of aromatic nitrogens is 1. The van der Waals surface area contributed by atoms with Crippen LogP contribution in [0.1, 0.15) is 31.3 Å². The number of benzene rings is 2. The van der Waals surface area contributed by atoms with E-state index in [2.05, 4.69) is 10.3 Å². The number of hydrogen-bond acceptors (Lipinski definition) is 7. The van der Waals surface area contributed by atoms with Gasteiger partial charge in [0.2, 0.25) is 0 Å². The number of aryl methyl sites for hydroxylation is 1. The van der Waals surface area contributed by atoms with Crippen LogP contribution in [0.5, 0.6) is 5.75 Å². The molecule has 3 aromatic rings. The third-order valence-electron chi connectivity index (χ3n) is 4.38. The van der Waals surface area contributed by atoms with E-state index in [-0.39, 0.29) is 16.2 Å². The molecular weight excluding hydrogens is 461 g/mol. The van der Waals surface area contributed by atoms with Gasteiger partial charge in [0.15, 0.2) is 6.61 Å². The van der Waals surface area contributed by atoms with Gasteiger partial charge in [0.05, 0.1) is 23.9 Å². The second-order valence-electron chi connectivity index (χ2n) is 6.66. The van der Waals surface area contributed by atoms with E-state index in [0.717, 1.165) is 23.5 Å². The number of imide groups is 1. The normalized spacial score (nSPS) is 11.1. The molecule has 0 saturated carbocycles. The van der Waals surface area contributed by atoms with Gasteiger partial charge < -0.3 is 9.47 Å². The summed E-state index contributed by atoms with van der Waals surface area (Å²) in [6.07, 6.45) is -4.46. The van der Waals surface area contributed by atoms with Crippen molar-refractivity contribution in [2.24, 2.45) is 0 Å². The van der Waals surface area contributed by atoms with Crippen molar-refractivity contribution in [3.8, 4) is 16.3 Å². The topological polar surface area (TPSA) is 94.6 Å². The van der Waals surface area contributed by atoms with E-state index in [1.807, 2.05) is 0 Å². The first-order chi connectivity index (χ1) is 15.6. The molecule has 0 bridgehead atoms. The van der Waals surface area contributed by atoms with Crippen LogP contribution in [0.2, 0.25) is 0 Å². The molecule has 3 rings (SSSR count). The molecule has 7 nitrogen and oxygen atoms in total. The van der Waals surface area contributed by atoms with Crippen LogP contribution in [0.25, 0.3) is 10.6 Å². The van der Waals surface area contributed by atoms with Gasteiger partial charge in [-0.1, -0.05) is 24.3 Å². The minimum absolute atomic E-state index is 0.0914. The number of rotatable bonds is 6. The molecule has 0 fully saturated rings. The number of nitrogens with one attached hydrogen (secondary N) is 1. The van der Waals surface area contributed by atoms with Crippen molar-refractivity contribution in [1.82, 2.24) is 10.3 Å². The summed E-state index contributed by atoms with van der Waals surface area (Å²) in [5.74, 6) is -2.13. The molecule has 33 heavy (non-hydrogen) atoms. The molecule has 0 aliphatic heterocycles. The molecule has 0 atom stereocenters. The lowest BCUT2D eigenvalue weighted by atomic mass is 10.1. The average molecular weight is 478 g/mol. The molecule has 0 saturated heterocycles. The zero-order valence-electron chi connectivity index (χ0n) is 17.4. The van der Waals surface area contributed by atoms with Gasteiger partial charge in [-0.2, -0.15) is 13.2 Å². The summed E-state index contributed by atoms with van der Waals surface area (Å²) < 4.78 is 48.2. The quantitative estimate of drug-likeness (QED) is 0.532. The average Bonchev–Trinajstić information content (AvgIpc) is 3.18. The zero-order chi connectivity index (χ0) is 24.2. The smallest absolute Gasteiger partial charge is 0.416 e. The van der Waals surface area contributed by atoms with Crippen molar-refractivity contribution < 1.29 is 37.0 Å². The van der Waals surface area contributed by atoms with Crippen LogP contribution in [0.15, 0.2) is 48.5 Å². The van der Waals surface area contributed by atoms with Crippen LogP contribution in [0.4, 0.5) is 13.2 Å². The summed E-state index contributed by atoms with van der Waals surface area (Å²) in [6.45, 7) is 0.818. The van der Waals surface area contributed by atoms with Crippen LogP contribution >= 0.6 is 11.3 Å². The highest BCUT2D eigenvalue weighted by Gasteiger charge is 2.30. The Morgan fingerprint density at radius 2 is 1.73 bits per heavy atom. The second kappa shape index (κ2) is 9.82. The van der Waals surface area contributed by atoms with E-state index in [0.29, 0.717) is 16.3 Å². The summed E-state index contributed by atoms with van der Waals surface area (Å²) in [7, 11) is 1.38. The highest BCUT2D eigenvalue weighted by Crippen LogP contribution is 2.33. The number of ether oxygens (including phenoxy) is 2. The summed E-state index contributed by atoms with van der Waals surface area (Å²) in [5, 5.41) is 2.42. The number of carbonyl (C=O) groups is 3. The Morgan fingerprint density at radius 1 is 1.06 bits per heavy atom. The maximum Gasteiger partial charge on any atom is 0.416 e. The fourth-order valence-electron chi connectivity index (χ4n) is 2.77. The number of nitrogens with zero attached hydrogens (tertiary/aromatic N) is 1. The lowest BCUT2D eigenvalue weighted by Crippen LogP contribution is -2.34. The first-order valence-electron chi connectivity index (χ1n) is 9.39. The van der Waals surface area contributed by atoms with Gasteiger partial charge in [0.25, 0.3) is 11.8 Å². The van der Waals surface area contributed by atoms with Crippen molar-refractivity contribution >= 4 is 29.1 Å². The van der Waals surface area contributed by atoms with Crippen LogP contribution in [0.3, 0.4) is 0 Å². The van der Waals surface area contributed by atoms with Crippen molar-refractivity contribution in [2.75, 3.05) is 13.7 Å². The van der Waals surface area contributed by atoms with E-state index < -0.39 is 36.1 Å². The Morgan fingerprint density at radius 3 is 2.36 bits per heavy atom. The van der Waals surface area contributed by atoms with E-state index in [9.17, 15) is 27.6 Å². The number of methoxy groups -OCH3 is 1. The number of para-hydroxylation sites is 1. The Bertz CT molecular complexity index is 1190. The van der Waals surface area contributed by atoms with Crippen LogP contribution in [-0.4, -0.2) is 36.5 Å². The van der Waals surface area contributed by atoms with Gasteiger partial charge in [0.1, 0.15) is 15.6 Å². The number of alkyl halides is 3. The Hall–Kier alpha value is -3.73. The number of hydrogen-bond donors (Lipinski definition) is 1. The highest BCUT2D eigenvalue weighted by molar-refractivity contribution is 7.17. The van der Waals surface area contributed by atoms with E-state index in [1.165, 1.54) is 32.2 Å². The molecule has 0 unspecified atom stereocenters. The fraction of sp³-hybridized carbons (Fsp3) is 0.182. The van der Waals surface area contributed by atoms with Crippen molar-refractivity contribution in [3.63, 3.8) is 0 Å². The Labute approximate surface area is 190 Å². The maximum atomic E-state index is 12.7. The number of carbonyl (C=O) groups excluding carboxylic acids is 3. The molecule has 1 N–H and O–H groups in total. The van der Waals surface area contributed by atoms with Gasteiger partial charge in [-0.05, 0) is 31.2 Å². The Balaban J connectivity index is 1.62. The molecule has 2 aromatic carbocycles. The fourth-order valence-corrected chi connectivity index (χ4v) is 3.74. The standard InChI is InChI=1S/C22H17F3N2O5S/c1-12-18(33-20(26-12)13-7-9-14(10-8-13)22(23,24)25)21(30)32-11-17(28)27-19(29)15-5-3-4-6-16(15)31-2/h3-10H,11H2,1-2H3,(H,27,28,29). The summed E-state index contributed by atoms with van der Waals surface area (Å²) in [4.78, 5) is 40.9. The molecular formula is C22H17F3N2O5S. The molecule has 0 aliphatic carbocycles. The first-order valence-corrected chi connectivity index (χ1v) is 10.2. The maximum absolute atomic E-state index is 12.7. The third kappa shape index (κ3) is 5.75. The van der Waals surface area contributed by atoms with Crippen LogP contribution in [-0.2, 0) is 15.7 Å². The minimum Gasteiger partial charge on any atom is -0.496 e. The predicted octanol–water partition coefficient (Wildman–Crippen LogP) is 4.26. The third-order valence-corrected chi connectivity index (χ3v) is 5.57. The SMILES string of the molecule is COc1ccccc1C(=O)NC(=O)COC(=O)c1sc(-c2ccc(C(F)(F)F)cc2)nc1C. The molecule has 172 valence electrons. The largest absolute Gasteiger partial charge is 0.496 e. The molecule has 0 aliphatic rings. The molecule has 0 spiro atoms. The molecule has 0 radical (unpaired) electrons. The van der Waals surface area contributed by atoms with E-state index >= 15 is 0 Å². The highest BCUT2D eigenvalue weighted by atomic mass is 32.1. The lowest BCUT2D eigenvalue weighted by molar-refractivity contribution is -0.137. The second-order valence-corrected chi connectivity index (χ2v) is 7.66. The number of esters is 1. The summed E-state index contributed by atoms with van der Waals surface area (Å²) >= 11 is 0.919. The molecule has 11 heteroatoms. The summed E-state index contributed by atoms with van der Waals surface area (Å²) in [6, 6.07) is 10.6. The lowest BCUT2D eigenvalue weighted by Gasteiger charge is -2.08. The van der Waals surface area contributed by atoms with Gasteiger partial charge in [-0.15, -0.1) is 11.3 Å². The minimum atomic E-state index is -4.46. The van der Waals surface area contributed by atoms with E-state index in [1.54, 1.807) is 18.2 Å². The van der Waals surface area contributed by atoms with Gasteiger partial charge in [-0.25, -0.2) is 9.78 Å². The van der Waals surface area contributed by atoms with Crippen molar-refractivity contribution in [1.29, 1.82) is 0 Å². The van der Waals surface area contributed by atoms with E-state index in [4.69, 9.17) is 9.47 Å². The molecule has 1 heterocycles. The number of amides is 2. The van der Waals surface area contributed by atoms with Crippen molar-refractivity contribution in [2.45, 2.75) is 13.1 Å². The zero-order valence-corrected chi connectivity index (χ0v) is 18.2. The van der Waals surface area contributed by atoms with Crippen LogP contribution in [0, 0.1) is 6.92 Å². The number of halogens is 3. The van der Waals surface area contributed by atoms with Crippen molar-refractivity contribution in [3.05, 3.63) is 70.2 Å². The monoisotopic (exact) mass is 478 g/mol. The van der Waals surface area contributed by atoms with Gasteiger partial charge in [0, 0.05) is 5.56 Å². The Kier molecular flexibility index (Phi) is 7.12. The first kappa shape index (κ1) is 23.9.